The van der Waals surface area contributed by atoms with Crippen LogP contribution in [0.5, 0.6) is 0 Å². The van der Waals surface area contributed by atoms with Crippen molar-refractivity contribution in [2.24, 2.45) is 0 Å². The quantitative estimate of drug-likeness (QED) is 0.689. The van der Waals surface area contributed by atoms with Crippen molar-refractivity contribution in [1.29, 1.82) is 0 Å². The molecule has 1 aromatic rings. The molecule has 1 heterocycles. The third kappa shape index (κ3) is 2.23. The van der Waals surface area contributed by atoms with Crippen LogP contribution in [0, 0.1) is 0 Å². The van der Waals surface area contributed by atoms with Crippen LogP contribution in [0.4, 0.5) is 0 Å². The van der Waals surface area contributed by atoms with Gasteiger partial charge in [-0.15, -0.1) is 5.10 Å². The van der Waals surface area contributed by atoms with Crippen LogP contribution in [0.15, 0.2) is 12.4 Å². The van der Waals surface area contributed by atoms with E-state index in [1.54, 1.807) is 12.4 Å². The molecular weight excluding hydrogens is 152 g/mol. The summed E-state index contributed by atoms with van der Waals surface area (Å²) < 4.78 is 0. The van der Waals surface area contributed by atoms with E-state index < -0.39 is 0 Å². The van der Waals surface area contributed by atoms with E-state index in [1.807, 2.05) is 0 Å². The number of rotatable bonds is 4. The summed E-state index contributed by atoms with van der Waals surface area (Å²) in [7, 11) is 0. The van der Waals surface area contributed by atoms with Crippen LogP contribution in [0.3, 0.4) is 0 Å². The first-order valence-electron chi connectivity index (χ1n) is 4.31. The van der Waals surface area contributed by atoms with E-state index in [9.17, 15) is 0 Å². The second kappa shape index (κ2) is 3.58. The Morgan fingerprint density at radius 1 is 1.42 bits per heavy atom. The third-order valence-electron chi connectivity index (χ3n) is 1.89. The van der Waals surface area contributed by atoms with Gasteiger partial charge in [0.05, 0.1) is 6.20 Å². The van der Waals surface area contributed by atoms with Gasteiger partial charge >= 0.3 is 0 Å². The summed E-state index contributed by atoms with van der Waals surface area (Å²) >= 11 is 0. The Morgan fingerprint density at radius 2 is 2.33 bits per heavy atom. The molecule has 1 aliphatic carbocycles. The van der Waals surface area contributed by atoms with Crippen molar-refractivity contribution >= 4 is 0 Å². The highest BCUT2D eigenvalue weighted by molar-refractivity contribution is 4.85. The molecule has 0 aromatic carbocycles. The van der Waals surface area contributed by atoms with Crippen molar-refractivity contribution in [3.05, 3.63) is 18.2 Å². The highest BCUT2D eigenvalue weighted by Crippen LogP contribution is 2.18. The molecule has 1 N–H and O–H groups in total. The Labute approximate surface area is 71.4 Å². The standard InChI is InChI=1S/C8H12N4/c1-2-7(1)9-4-3-8-10-5-6-11-12-8/h5-7,9H,1-4H2. The molecule has 0 saturated heterocycles. The van der Waals surface area contributed by atoms with Crippen LogP contribution in [0.25, 0.3) is 0 Å². The summed E-state index contributed by atoms with van der Waals surface area (Å²) in [6.45, 7) is 0.969. The second-order valence-corrected chi connectivity index (χ2v) is 3.04. The van der Waals surface area contributed by atoms with Gasteiger partial charge in [0.2, 0.25) is 0 Å². The van der Waals surface area contributed by atoms with Crippen molar-refractivity contribution in [2.75, 3.05) is 6.54 Å². The molecule has 0 bridgehead atoms. The molecule has 2 rings (SSSR count). The van der Waals surface area contributed by atoms with E-state index in [1.165, 1.54) is 12.8 Å². The first-order valence-corrected chi connectivity index (χ1v) is 4.31. The lowest BCUT2D eigenvalue weighted by Gasteiger charge is -1.99. The number of nitrogens with zero attached hydrogens (tertiary/aromatic N) is 3. The van der Waals surface area contributed by atoms with Gasteiger partial charge in [-0.05, 0) is 12.8 Å². The van der Waals surface area contributed by atoms with E-state index in [4.69, 9.17) is 0 Å². The minimum atomic E-state index is 0.765. The average molecular weight is 164 g/mol. The number of nitrogens with one attached hydrogen (secondary N) is 1. The van der Waals surface area contributed by atoms with Gasteiger partial charge in [0.25, 0.3) is 0 Å². The lowest BCUT2D eigenvalue weighted by Crippen LogP contribution is -2.20. The van der Waals surface area contributed by atoms with Crippen molar-refractivity contribution < 1.29 is 0 Å². The molecule has 1 aromatic heterocycles. The maximum atomic E-state index is 4.08. The molecule has 64 valence electrons. The average Bonchev–Trinajstić information content (AvgIpc) is 2.90. The van der Waals surface area contributed by atoms with E-state index in [-0.39, 0.29) is 0 Å². The van der Waals surface area contributed by atoms with Crippen molar-refractivity contribution in [2.45, 2.75) is 25.3 Å². The molecule has 1 saturated carbocycles. The van der Waals surface area contributed by atoms with E-state index >= 15 is 0 Å². The van der Waals surface area contributed by atoms with E-state index in [0.29, 0.717) is 0 Å². The van der Waals surface area contributed by atoms with Gasteiger partial charge in [-0.1, -0.05) is 0 Å². The van der Waals surface area contributed by atoms with Crippen LogP contribution in [0.2, 0.25) is 0 Å². The zero-order valence-corrected chi connectivity index (χ0v) is 6.90. The van der Waals surface area contributed by atoms with Crippen LogP contribution in [-0.2, 0) is 6.42 Å². The van der Waals surface area contributed by atoms with E-state index in [2.05, 4.69) is 20.5 Å². The first kappa shape index (κ1) is 7.61. The zero-order chi connectivity index (χ0) is 8.23. The summed E-state index contributed by atoms with van der Waals surface area (Å²) in [5.41, 5.74) is 0. The van der Waals surface area contributed by atoms with Crippen LogP contribution < -0.4 is 5.32 Å². The highest BCUT2D eigenvalue weighted by Gasteiger charge is 2.19. The van der Waals surface area contributed by atoms with Crippen LogP contribution >= 0.6 is 0 Å². The Bertz CT molecular complexity index is 232. The molecule has 4 nitrogen and oxygen atoms in total. The molecule has 0 radical (unpaired) electrons. The van der Waals surface area contributed by atoms with Crippen molar-refractivity contribution in [1.82, 2.24) is 20.5 Å². The number of aromatic nitrogens is 3. The van der Waals surface area contributed by atoms with Gasteiger partial charge in [0, 0.05) is 25.2 Å². The SMILES string of the molecule is c1cnc(CCNC2CC2)nn1. The maximum Gasteiger partial charge on any atom is 0.152 e. The monoisotopic (exact) mass is 164 g/mol. The van der Waals surface area contributed by atoms with Gasteiger partial charge in [-0.25, -0.2) is 4.98 Å². The largest absolute Gasteiger partial charge is 0.314 e. The molecule has 1 aliphatic rings. The Balaban J connectivity index is 1.72. The second-order valence-electron chi connectivity index (χ2n) is 3.04. The summed E-state index contributed by atoms with van der Waals surface area (Å²) in [6, 6.07) is 0.765. The van der Waals surface area contributed by atoms with Crippen LogP contribution in [0.1, 0.15) is 18.7 Å². The molecule has 0 unspecified atom stereocenters. The van der Waals surface area contributed by atoms with Crippen molar-refractivity contribution in [3.63, 3.8) is 0 Å². The van der Waals surface area contributed by atoms with Gasteiger partial charge in [-0.3, -0.25) is 0 Å². The molecule has 0 spiro atoms. The topological polar surface area (TPSA) is 50.7 Å². The lowest BCUT2D eigenvalue weighted by molar-refractivity contribution is 0.658. The zero-order valence-electron chi connectivity index (χ0n) is 6.90. The van der Waals surface area contributed by atoms with Crippen LogP contribution in [-0.4, -0.2) is 27.8 Å². The predicted molar refractivity (Wildman–Crippen MR) is 44.6 cm³/mol. The normalized spacial score (nSPS) is 16.3. The van der Waals surface area contributed by atoms with E-state index in [0.717, 1.165) is 24.8 Å². The Hall–Kier alpha value is -1.03. The first-order chi connectivity index (χ1) is 5.95. The minimum Gasteiger partial charge on any atom is -0.314 e. The summed E-state index contributed by atoms with van der Waals surface area (Å²) in [6.07, 6.45) is 6.81. The molecular formula is C8H12N4. The fourth-order valence-corrected chi connectivity index (χ4v) is 1.07. The lowest BCUT2D eigenvalue weighted by atomic mass is 10.4. The molecule has 1 fully saturated rings. The summed E-state index contributed by atoms with van der Waals surface area (Å²) in [5, 5.41) is 11.0. The highest BCUT2D eigenvalue weighted by atomic mass is 15.1. The Morgan fingerprint density at radius 3 is 3.00 bits per heavy atom. The Kier molecular flexibility index (Phi) is 2.27. The van der Waals surface area contributed by atoms with Gasteiger partial charge in [-0.2, -0.15) is 5.10 Å². The third-order valence-corrected chi connectivity index (χ3v) is 1.89. The minimum absolute atomic E-state index is 0.765. The van der Waals surface area contributed by atoms with Gasteiger partial charge < -0.3 is 5.32 Å². The summed E-state index contributed by atoms with van der Waals surface area (Å²) in [4.78, 5) is 4.08. The summed E-state index contributed by atoms with van der Waals surface area (Å²) in [5.74, 6) is 0.825. The van der Waals surface area contributed by atoms with Crippen molar-refractivity contribution in [3.8, 4) is 0 Å². The fourth-order valence-electron chi connectivity index (χ4n) is 1.07. The predicted octanol–water partition coefficient (Wildman–Crippen LogP) is 0.166. The van der Waals surface area contributed by atoms with Gasteiger partial charge in [0.15, 0.2) is 5.82 Å². The number of hydrogen-bond acceptors (Lipinski definition) is 4. The molecule has 0 aliphatic heterocycles. The smallest absolute Gasteiger partial charge is 0.152 e. The van der Waals surface area contributed by atoms with Gasteiger partial charge in [0.1, 0.15) is 0 Å². The molecule has 0 amide bonds. The fraction of sp³-hybridized carbons (Fsp3) is 0.625. The molecule has 4 heteroatoms. The molecule has 0 atom stereocenters. The number of hydrogen-bond donors (Lipinski definition) is 1. The molecule has 12 heavy (non-hydrogen) atoms. The maximum absolute atomic E-state index is 4.08.